The van der Waals surface area contributed by atoms with Crippen LogP contribution in [0.3, 0.4) is 0 Å². The van der Waals surface area contributed by atoms with Crippen LogP contribution in [0.15, 0.2) is 54.6 Å². The molecule has 0 aliphatic carbocycles. The second-order valence-electron chi connectivity index (χ2n) is 6.22. The SMILES string of the molecule is CN(C(=O)C1CCC(=O)N1C)c1ccc(OCc2ccccc2)cc1. The zero-order valence-electron chi connectivity index (χ0n) is 14.5. The number of carbonyl (C=O) groups excluding carboxylic acids is 2. The number of hydrogen-bond acceptors (Lipinski definition) is 3. The fourth-order valence-corrected chi connectivity index (χ4v) is 2.95. The molecule has 2 aromatic carbocycles. The number of benzene rings is 2. The largest absolute Gasteiger partial charge is 0.489 e. The minimum absolute atomic E-state index is 0.0245. The van der Waals surface area contributed by atoms with Crippen molar-refractivity contribution < 1.29 is 14.3 Å². The van der Waals surface area contributed by atoms with E-state index >= 15 is 0 Å². The van der Waals surface area contributed by atoms with Crippen molar-refractivity contribution in [2.75, 3.05) is 19.0 Å². The van der Waals surface area contributed by atoms with Crippen molar-refractivity contribution in [2.45, 2.75) is 25.5 Å². The van der Waals surface area contributed by atoms with Gasteiger partial charge in [0.1, 0.15) is 18.4 Å². The maximum atomic E-state index is 12.6. The number of ether oxygens (including phenoxy) is 1. The van der Waals surface area contributed by atoms with Gasteiger partial charge >= 0.3 is 0 Å². The van der Waals surface area contributed by atoms with E-state index in [0.29, 0.717) is 19.4 Å². The first-order valence-corrected chi connectivity index (χ1v) is 8.36. The Hall–Kier alpha value is -2.82. The van der Waals surface area contributed by atoms with Crippen LogP contribution in [0.4, 0.5) is 5.69 Å². The molecular weight excluding hydrogens is 316 g/mol. The van der Waals surface area contributed by atoms with Gasteiger partial charge in [0.25, 0.3) is 0 Å². The maximum absolute atomic E-state index is 12.6. The predicted molar refractivity (Wildman–Crippen MR) is 96.4 cm³/mol. The quantitative estimate of drug-likeness (QED) is 0.842. The predicted octanol–water partition coefficient (Wildman–Crippen LogP) is 2.85. The molecule has 1 fully saturated rings. The molecule has 1 aliphatic rings. The monoisotopic (exact) mass is 338 g/mol. The molecule has 130 valence electrons. The van der Waals surface area contributed by atoms with Crippen molar-refractivity contribution in [3.05, 3.63) is 60.2 Å². The summed E-state index contributed by atoms with van der Waals surface area (Å²) in [6.45, 7) is 0.504. The lowest BCUT2D eigenvalue weighted by atomic mass is 10.2. The third-order valence-electron chi connectivity index (χ3n) is 4.58. The molecule has 0 spiro atoms. The first-order valence-electron chi connectivity index (χ1n) is 8.36. The molecule has 0 bridgehead atoms. The number of amides is 2. The minimum atomic E-state index is -0.369. The summed E-state index contributed by atoms with van der Waals surface area (Å²) < 4.78 is 5.76. The van der Waals surface area contributed by atoms with Crippen LogP contribution in [0.25, 0.3) is 0 Å². The lowest BCUT2D eigenvalue weighted by Crippen LogP contribution is -2.43. The Balaban J connectivity index is 1.61. The number of likely N-dealkylation sites (N-methyl/N-ethyl adjacent to an activating group) is 2. The van der Waals surface area contributed by atoms with Crippen LogP contribution >= 0.6 is 0 Å². The van der Waals surface area contributed by atoms with E-state index in [-0.39, 0.29) is 17.9 Å². The van der Waals surface area contributed by atoms with E-state index in [9.17, 15) is 9.59 Å². The van der Waals surface area contributed by atoms with Gasteiger partial charge in [0.2, 0.25) is 11.8 Å². The summed E-state index contributed by atoms with van der Waals surface area (Å²) in [6, 6.07) is 17.0. The molecule has 5 nitrogen and oxygen atoms in total. The number of nitrogens with zero attached hydrogens (tertiary/aromatic N) is 2. The van der Waals surface area contributed by atoms with Crippen LogP contribution in [0.5, 0.6) is 5.75 Å². The first kappa shape index (κ1) is 17.0. The van der Waals surface area contributed by atoms with Crippen molar-refractivity contribution in [1.29, 1.82) is 0 Å². The second-order valence-corrected chi connectivity index (χ2v) is 6.22. The highest BCUT2D eigenvalue weighted by atomic mass is 16.5. The van der Waals surface area contributed by atoms with Gasteiger partial charge in [-0.2, -0.15) is 0 Å². The first-order chi connectivity index (χ1) is 12.1. The van der Waals surface area contributed by atoms with E-state index in [1.54, 1.807) is 19.0 Å². The van der Waals surface area contributed by atoms with Crippen molar-refractivity contribution >= 4 is 17.5 Å². The fourth-order valence-electron chi connectivity index (χ4n) is 2.95. The van der Waals surface area contributed by atoms with Crippen molar-refractivity contribution in [3.8, 4) is 5.75 Å². The van der Waals surface area contributed by atoms with E-state index in [4.69, 9.17) is 4.74 Å². The molecule has 1 atom stereocenters. The molecular formula is C20H22N2O3. The van der Waals surface area contributed by atoms with Gasteiger partial charge in [0, 0.05) is 26.2 Å². The normalized spacial score (nSPS) is 16.8. The molecule has 3 rings (SSSR count). The topological polar surface area (TPSA) is 49.9 Å². The van der Waals surface area contributed by atoms with Crippen molar-refractivity contribution in [3.63, 3.8) is 0 Å². The molecule has 25 heavy (non-hydrogen) atoms. The fraction of sp³-hybridized carbons (Fsp3) is 0.300. The Bertz CT molecular complexity index is 743. The Morgan fingerprint density at radius 2 is 1.84 bits per heavy atom. The van der Waals surface area contributed by atoms with Crippen LogP contribution < -0.4 is 9.64 Å². The molecule has 0 N–H and O–H groups in total. The standard InChI is InChI=1S/C20H22N2O3/c1-21(20(24)18-12-13-19(23)22(18)2)16-8-10-17(11-9-16)25-14-15-6-4-3-5-7-15/h3-11,18H,12-14H2,1-2H3. The number of anilines is 1. The highest BCUT2D eigenvalue weighted by Gasteiger charge is 2.35. The summed E-state index contributed by atoms with van der Waals surface area (Å²) in [7, 11) is 3.42. The Kier molecular flexibility index (Phi) is 5.03. The molecule has 2 amide bonds. The summed E-state index contributed by atoms with van der Waals surface area (Å²) in [4.78, 5) is 27.4. The molecule has 0 saturated carbocycles. The molecule has 1 heterocycles. The lowest BCUT2D eigenvalue weighted by molar-refractivity contribution is -0.132. The van der Waals surface area contributed by atoms with Crippen LogP contribution in [-0.4, -0.2) is 36.9 Å². The number of rotatable bonds is 5. The maximum Gasteiger partial charge on any atom is 0.249 e. The summed E-state index contributed by atoms with van der Waals surface area (Å²) in [5, 5.41) is 0. The van der Waals surface area contributed by atoms with Gasteiger partial charge in [0.15, 0.2) is 0 Å². The summed E-state index contributed by atoms with van der Waals surface area (Å²) in [5.41, 5.74) is 1.89. The van der Waals surface area contributed by atoms with Gasteiger partial charge < -0.3 is 14.5 Å². The van der Waals surface area contributed by atoms with Crippen molar-refractivity contribution in [2.24, 2.45) is 0 Å². The van der Waals surface area contributed by atoms with Gasteiger partial charge in [-0.25, -0.2) is 0 Å². The number of likely N-dealkylation sites (tertiary alicyclic amines) is 1. The smallest absolute Gasteiger partial charge is 0.249 e. The van der Waals surface area contributed by atoms with Gasteiger partial charge in [-0.05, 0) is 36.2 Å². The third-order valence-corrected chi connectivity index (χ3v) is 4.58. The summed E-state index contributed by atoms with van der Waals surface area (Å²) >= 11 is 0. The van der Waals surface area contributed by atoms with Crippen LogP contribution in [0.2, 0.25) is 0 Å². The van der Waals surface area contributed by atoms with Gasteiger partial charge in [-0.3, -0.25) is 9.59 Å². The minimum Gasteiger partial charge on any atom is -0.489 e. The molecule has 0 radical (unpaired) electrons. The summed E-state index contributed by atoms with van der Waals surface area (Å²) in [6.07, 6.45) is 1.02. The molecule has 1 unspecified atom stereocenters. The molecule has 5 heteroatoms. The molecule has 1 aliphatic heterocycles. The zero-order chi connectivity index (χ0) is 17.8. The van der Waals surface area contributed by atoms with Crippen LogP contribution in [-0.2, 0) is 16.2 Å². The number of hydrogen-bond donors (Lipinski definition) is 0. The van der Waals surface area contributed by atoms with Gasteiger partial charge in [0.05, 0.1) is 0 Å². The van der Waals surface area contributed by atoms with E-state index in [2.05, 4.69) is 0 Å². The van der Waals surface area contributed by atoms with Crippen molar-refractivity contribution in [1.82, 2.24) is 4.90 Å². The number of carbonyl (C=O) groups is 2. The van der Waals surface area contributed by atoms with E-state index in [1.807, 2.05) is 54.6 Å². The van der Waals surface area contributed by atoms with Gasteiger partial charge in [-0.15, -0.1) is 0 Å². The average molecular weight is 338 g/mol. The zero-order valence-corrected chi connectivity index (χ0v) is 14.5. The lowest BCUT2D eigenvalue weighted by Gasteiger charge is -2.25. The van der Waals surface area contributed by atoms with E-state index in [1.165, 1.54) is 4.90 Å². The summed E-state index contributed by atoms with van der Waals surface area (Å²) in [5.74, 6) is 0.712. The highest BCUT2D eigenvalue weighted by Crippen LogP contribution is 2.23. The molecule has 1 saturated heterocycles. The van der Waals surface area contributed by atoms with E-state index < -0.39 is 0 Å². The second kappa shape index (κ2) is 7.38. The molecule has 2 aromatic rings. The Labute approximate surface area is 147 Å². The Morgan fingerprint density at radius 1 is 1.16 bits per heavy atom. The third kappa shape index (κ3) is 3.82. The van der Waals surface area contributed by atoms with Gasteiger partial charge in [-0.1, -0.05) is 30.3 Å². The molecule has 0 aromatic heterocycles. The van der Waals surface area contributed by atoms with Crippen LogP contribution in [0.1, 0.15) is 18.4 Å². The van der Waals surface area contributed by atoms with E-state index in [0.717, 1.165) is 17.0 Å². The average Bonchev–Trinajstić information content (AvgIpc) is 2.99. The Morgan fingerprint density at radius 3 is 2.44 bits per heavy atom. The highest BCUT2D eigenvalue weighted by molar-refractivity contribution is 6.00. The van der Waals surface area contributed by atoms with Crippen LogP contribution in [0, 0.1) is 0 Å².